The summed E-state index contributed by atoms with van der Waals surface area (Å²) in [5.74, 6) is 2.01. The highest BCUT2D eigenvalue weighted by molar-refractivity contribution is 5.91. The Bertz CT molecular complexity index is 1250. The van der Waals surface area contributed by atoms with E-state index in [1.807, 2.05) is 18.2 Å². The second-order valence-corrected chi connectivity index (χ2v) is 8.32. The zero-order valence-electron chi connectivity index (χ0n) is 17.5. The number of aryl methyl sites for hydroxylation is 1. The normalized spacial score (nSPS) is 16.0. The van der Waals surface area contributed by atoms with Gasteiger partial charge in [-0.05, 0) is 36.3 Å². The van der Waals surface area contributed by atoms with E-state index in [1.54, 1.807) is 6.33 Å². The average molecular weight is 409 g/mol. The molecule has 3 heterocycles. The van der Waals surface area contributed by atoms with Crippen LogP contribution in [0.5, 0.6) is 0 Å². The van der Waals surface area contributed by atoms with Gasteiger partial charge in [-0.15, -0.1) is 0 Å². The van der Waals surface area contributed by atoms with Crippen LogP contribution in [0, 0.1) is 6.92 Å². The molecule has 0 amide bonds. The summed E-state index contributed by atoms with van der Waals surface area (Å²) in [6.07, 6.45) is 4.86. The molecule has 1 fully saturated rings. The first kappa shape index (κ1) is 18.1. The van der Waals surface area contributed by atoms with E-state index in [-0.39, 0.29) is 0 Å². The lowest BCUT2D eigenvalue weighted by atomic mass is 10.0. The van der Waals surface area contributed by atoms with E-state index in [0.717, 1.165) is 61.1 Å². The molecule has 0 saturated carbocycles. The van der Waals surface area contributed by atoms with Gasteiger partial charge in [-0.3, -0.25) is 0 Å². The molecule has 2 aliphatic rings. The maximum Gasteiger partial charge on any atom is 0.203 e. The van der Waals surface area contributed by atoms with Gasteiger partial charge in [0, 0.05) is 38.2 Å². The monoisotopic (exact) mass is 408 g/mol. The molecular formula is C25H24N6. The van der Waals surface area contributed by atoms with Crippen LogP contribution in [0.3, 0.4) is 0 Å². The zero-order valence-corrected chi connectivity index (χ0v) is 17.5. The summed E-state index contributed by atoms with van der Waals surface area (Å²) in [4.78, 5) is 22.2. The standard InChI is InChI=1S/C25H24N6/c1-17-6-8-18(9-7-17)19-14-20-23(15-19)26-16-27-24(20)30-10-12-31(13-11-30)25-28-21-4-2-3-5-22(21)29-25/h2-9,14,16H,10-13,15H2,1H3,(H,28,29). The second kappa shape index (κ2) is 7.23. The number of nitrogens with zero attached hydrogens (tertiary/aromatic N) is 5. The Hall–Kier alpha value is -3.67. The summed E-state index contributed by atoms with van der Waals surface area (Å²) in [5.41, 5.74) is 8.27. The molecule has 1 aliphatic carbocycles. The zero-order chi connectivity index (χ0) is 20.8. The fraction of sp³-hybridized carbons (Fsp3) is 0.240. The van der Waals surface area contributed by atoms with Gasteiger partial charge in [-0.2, -0.15) is 0 Å². The number of benzene rings is 2. The predicted octanol–water partition coefficient (Wildman–Crippen LogP) is 4.08. The molecule has 2 aromatic heterocycles. The summed E-state index contributed by atoms with van der Waals surface area (Å²) in [7, 11) is 0. The first-order valence-electron chi connectivity index (χ1n) is 10.8. The quantitative estimate of drug-likeness (QED) is 0.553. The Balaban J connectivity index is 1.22. The molecule has 1 N–H and O–H groups in total. The van der Waals surface area contributed by atoms with E-state index in [4.69, 9.17) is 4.98 Å². The Kier molecular flexibility index (Phi) is 4.23. The minimum Gasteiger partial charge on any atom is -0.352 e. The van der Waals surface area contributed by atoms with E-state index in [0.29, 0.717) is 0 Å². The van der Waals surface area contributed by atoms with Crippen LogP contribution in [-0.4, -0.2) is 46.1 Å². The van der Waals surface area contributed by atoms with Crippen LogP contribution in [0.4, 0.5) is 11.8 Å². The first-order valence-corrected chi connectivity index (χ1v) is 10.8. The van der Waals surface area contributed by atoms with Crippen LogP contribution in [0.1, 0.15) is 22.4 Å². The molecule has 2 aromatic carbocycles. The minimum absolute atomic E-state index is 0.868. The van der Waals surface area contributed by atoms with Crippen molar-refractivity contribution in [2.24, 2.45) is 0 Å². The van der Waals surface area contributed by atoms with E-state index in [9.17, 15) is 0 Å². The van der Waals surface area contributed by atoms with Gasteiger partial charge in [0.05, 0.1) is 16.7 Å². The highest BCUT2D eigenvalue weighted by Gasteiger charge is 2.26. The number of fused-ring (bicyclic) bond motifs is 2. The number of aromatic nitrogens is 4. The second-order valence-electron chi connectivity index (χ2n) is 8.32. The number of nitrogens with one attached hydrogen (secondary N) is 1. The van der Waals surface area contributed by atoms with Crippen molar-refractivity contribution >= 4 is 34.4 Å². The van der Waals surface area contributed by atoms with Crippen LogP contribution in [0.15, 0.2) is 54.9 Å². The lowest BCUT2D eigenvalue weighted by Gasteiger charge is -2.35. The van der Waals surface area contributed by atoms with Crippen molar-refractivity contribution in [1.29, 1.82) is 0 Å². The summed E-state index contributed by atoms with van der Waals surface area (Å²) in [6.45, 7) is 5.76. The third-order valence-electron chi connectivity index (χ3n) is 6.30. The number of hydrogen-bond donors (Lipinski definition) is 1. The van der Waals surface area contributed by atoms with Crippen molar-refractivity contribution in [3.05, 3.63) is 77.2 Å². The highest BCUT2D eigenvalue weighted by Crippen LogP contribution is 2.35. The van der Waals surface area contributed by atoms with Gasteiger partial charge in [-0.25, -0.2) is 15.0 Å². The molecule has 6 heteroatoms. The van der Waals surface area contributed by atoms with Gasteiger partial charge in [0.1, 0.15) is 12.1 Å². The van der Waals surface area contributed by atoms with Crippen LogP contribution in [-0.2, 0) is 6.42 Å². The third kappa shape index (κ3) is 3.24. The van der Waals surface area contributed by atoms with Crippen molar-refractivity contribution in [3.63, 3.8) is 0 Å². The molecule has 1 aliphatic heterocycles. The molecule has 154 valence electrons. The molecule has 0 unspecified atom stereocenters. The number of rotatable bonds is 3. The van der Waals surface area contributed by atoms with Crippen molar-refractivity contribution in [2.45, 2.75) is 13.3 Å². The minimum atomic E-state index is 0.868. The molecule has 0 radical (unpaired) electrons. The molecule has 31 heavy (non-hydrogen) atoms. The lowest BCUT2D eigenvalue weighted by Crippen LogP contribution is -2.47. The van der Waals surface area contributed by atoms with Gasteiger partial charge in [0.2, 0.25) is 5.95 Å². The lowest BCUT2D eigenvalue weighted by molar-refractivity contribution is 0.636. The fourth-order valence-electron chi connectivity index (χ4n) is 4.54. The van der Waals surface area contributed by atoms with Crippen molar-refractivity contribution in [2.75, 3.05) is 36.0 Å². The first-order chi connectivity index (χ1) is 15.2. The molecule has 0 bridgehead atoms. The van der Waals surface area contributed by atoms with E-state index in [1.165, 1.54) is 22.3 Å². The maximum atomic E-state index is 4.76. The molecule has 4 aromatic rings. The van der Waals surface area contributed by atoms with Crippen LogP contribution < -0.4 is 9.80 Å². The van der Waals surface area contributed by atoms with Crippen molar-refractivity contribution in [3.8, 4) is 0 Å². The number of imidazole rings is 1. The molecule has 0 atom stereocenters. The van der Waals surface area contributed by atoms with Crippen LogP contribution >= 0.6 is 0 Å². The summed E-state index contributed by atoms with van der Waals surface area (Å²) < 4.78 is 0. The number of hydrogen-bond acceptors (Lipinski definition) is 5. The fourth-order valence-corrected chi connectivity index (χ4v) is 4.54. The Labute approximate surface area is 181 Å². The predicted molar refractivity (Wildman–Crippen MR) is 125 cm³/mol. The van der Waals surface area contributed by atoms with Gasteiger partial charge in [0.15, 0.2) is 0 Å². The Morgan fingerprint density at radius 1 is 0.871 bits per heavy atom. The largest absolute Gasteiger partial charge is 0.352 e. The van der Waals surface area contributed by atoms with Gasteiger partial charge >= 0.3 is 0 Å². The average Bonchev–Trinajstić information content (AvgIpc) is 3.44. The smallest absolute Gasteiger partial charge is 0.203 e. The highest BCUT2D eigenvalue weighted by atomic mass is 15.3. The number of allylic oxidation sites excluding steroid dienone is 1. The van der Waals surface area contributed by atoms with Gasteiger partial charge in [-0.1, -0.05) is 42.0 Å². The van der Waals surface area contributed by atoms with Crippen molar-refractivity contribution < 1.29 is 0 Å². The van der Waals surface area contributed by atoms with E-state index in [2.05, 4.69) is 68.1 Å². The molecule has 6 rings (SSSR count). The summed E-state index contributed by atoms with van der Waals surface area (Å²) >= 11 is 0. The van der Waals surface area contributed by atoms with Crippen LogP contribution in [0.25, 0.3) is 22.7 Å². The van der Waals surface area contributed by atoms with Gasteiger partial charge in [0.25, 0.3) is 0 Å². The Morgan fingerprint density at radius 2 is 1.65 bits per heavy atom. The Morgan fingerprint density at radius 3 is 2.45 bits per heavy atom. The maximum absolute atomic E-state index is 4.76. The molecule has 0 spiro atoms. The SMILES string of the molecule is Cc1ccc(C2=Cc3c(ncnc3N3CCN(c4nc5ccccc5[nH]4)CC3)C2)cc1. The van der Waals surface area contributed by atoms with Crippen molar-refractivity contribution in [1.82, 2.24) is 19.9 Å². The summed E-state index contributed by atoms with van der Waals surface area (Å²) in [5, 5.41) is 0. The molecule has 6 nitrogen and oxygen atoms in total. The number of piperazine rings is 1. The number of H-pyrrole nitrogens is 1. The summed E-state index contributed by atoms with van der Waals surface area (Å²) in [6, 6.07) is 16.9. The van der Waals surface area contributed by atoms with E-state index >= 15 is 0 Å². The topological polar surface area (TPSA) is 60.9 Å². The van der Waals surface area contributed by atoms with Crippen LogP contribution in [0.2, 0.25) is 0 Å². The third-order valence-corrected chi connectivity index (χ3v) is 6.30. The molecular weight excluding hydrogens is 384 g/mol. The molecule has 1 saturated heterocycles. The van der Waals surface area contributed by atoms with Gasteiger partial charge < -0.3 is 14.8 Å². The number of para-hydroxylation sites is 2. The number of aromatic amines is 1. The van der Waals surface area contributed by atoms with E-state index < -0.39 is 0 Å². The number of anilines is 2.